The Bertz CT molecular complexity index is 980. The number of carbonyl (C=O) groups is 1. The number of anilines is 1. The molecule has 29 heavy (non-hydrogen) atoms. The van der Waals surface area contributed by atoms with E-state index in [-0.39, 0.29) is 11.9 Å². The third-order valence-corrected chi connectivity index (χ3v) is 7.19. The molecule has 1 N–H and O–H groups in total. The van der Waals surface area contributed by atoms with Gasteiger partial charge in [0.05, 0.1) is 33.0 Å². The molecule has 0 saturated heterocycles. The molecule has 8 heteroatoms. The number of ether oxygens (including phenoxy) is 1. The van der Waals surface area contributed by atoms with Crippen molar-refractivity contribution in [1.82, 2.24) is 4.98 Å². The van der Waals surface area contributed by atoms with E-state index in [0.29, 0.717) is 23.0 Å². The number of halogens is 2. The first-order valence-corrected chi connectivity index (χ1v) is 11.7. The summed E-state index contributed by atoms with van der Waals surface area (Å²) < 4.78 is 6.05. The van der Waals surface area contributed by atoms with E-state index in [1.165, 1.54) is 7.11 Å². The number of nitrogens with one attached hydrogen (secondary N) is 1. The van der Waals surface area contributed by atoms with Crippen molar-refractivity contribution < 1.29 is 9.53 Å². The molecule has 0 bridgehead atoms. The van der Waals surface area contributed by atoms with Crippen LogP contribution in [0.1, 0.15) is 5.56 Å². The van der Waals surface area contributed by atoms with Gasteiger partial charge in [0.1, 0.15) is 0 Å². The van der Waals surface area contributed by atoms with Crippen molar-refractivity contribution in [3.8, 4) is 11.3 Å². The molecule has 0 amide bonds. The monoisotopic (exact) mass is 466 g/mol. The third-order valence-electron chi connectivity index (χ3n) is 4.33. The number of thioether (sulfide) groups is 1. The Kier molecular flexibility index (Phi) is 7.84. The maximum atomic E-state index is 12.2. The first-order valence-electron chi connectivity index (χ1n) is 8.87. The van der Waals surface area contributed by atoms with Crippen LogP contribution in [0.4, 0.5) is 5.13 Å². The van der Waals surface area contributed by atoms with Crippen LogP contribution in [0.3, 0.4) is 0 Å². The van der Waals surface area contributed by atoms with Gasteiger partial charge in [0.2, 0.25) is 0 Å². The van der Waals surface area contributed by atoms with Crippen molar-refractivity contribution >= 4 is 57.4 Å². The third kappa shape index (κ3) is 5.66. The fraction of sp³-hybridized carbons (Fsp3) is 0.238. The van der Waals surface area contributed by atoms with Crippen LogP contribution in [0.15, 0.2) is 52.7 Å². The topological polar surface area (TPSA) is 51.2 Å². The molecule has 0 fully saturated rings. The highest BCUT2D eigenvalue weighted by Gasteiger charge is 2.21. The number of thiazole rings is 1. The second kappa shape index (κ2) is 10.3. The molecule has 3 aromatic rings. The molecule has 1 unspecified atom stereocenters. The van der Waals surface area contributed by atoms with Crippen LogP contribution in [-0.4, -0.2) is 30.9 Å². The summed E-state index contributed by atoms with van der Waals surface area (Å²) in [7, 11) is 1.41. The minimum atomic E-state index is -0.308. The fourth-order valence-corrected chi connectivity index (χ4v) is 4.81. The Balaban J connectivity index is 1.77. The van der Waals surface area contributed by atoms with E-state index in [4.69, 9.17) is 32.9 Å². The second-order valence-electron chi connectivity index (χ2n) is 6.28. The summed E-state index contributed by atoms with van der Waals surface area (Å²) in [4.78, 5) is 17.0. The molecule has 3 rings (SSSR count). The molecule has 0 saturated carbocycles. The average Bonchev–Trinajstić information content (AvgIpc) is 3.16. The highest BCUT2D eigenvalue weighted by Crippen LogP contribution is 2.39. The molecule has 1 aromatic heterocycles. The lowest BCUT2D eigenvalue weighted by molar-refractivity contribution is -0.144. The summed E-state index contributed by atoms with van der Waals surface area (Å²) in [6.07, 6.45) is 2.60. The summed E-state index contributed by atoms with van der Waals surface area (Å²) >= 11 is 15.4. The van der Waals surface area contributed by atoms with E-state index in [2.05, 4.69) is 5.32 Å². The van der Waals surface area contributed by atoms with E-state index >= 15 is 0 Å². The van der Waals surface area contributed by atoms with Gasteiger partial charge in [-0.25, -0.2) is 4.98 Å². The van der Waals surface area contributed by atoms with Crippen LogP contribution in [-0.2, 0) is 16.0 Å². The van der Waals surface area contributed by atoms with Gasteiger partial charge in [-0.15, -0.1) is 11.8 Å². The van der Waals surface area contributed by atoms with Crippen LogP contribution in [0.2, 0.25) is 10.0 Å². The van der Waals surface area contributed by atoms with Gasteiger partial charge in [0.15, 0.2) is 5.13 Å². The van der Waals surface area contributed by atoms with Crippen molar-refractivity contribution in [3.63, 3.8) is 0 Å². The zero-order valence-electron chi connectivity index (χ0n) is 15.9. The normalized spacial score (nSPS) is 11.9. The summed E-state index contributed by atoms with van der Waals surface area (Å²) in [6.45, 7) is 0.434. The number of hydrogen-bond acceptors (Lipinski definition) is 6. The number of esters is 1. The van der Waals surface area contributed by atoms with Crippen molar-refractivity contribution in [2.24, 2.45) is 5.92 Å². The van der Waals surface area contributed by atoms with E-state index in [0.717, 1.165) is 26.2 Å². The summed E-state index contributed by atoms with van der Waals surface area (Å²) in [5.74, 6) is -0.551. The Morgan fingerprint density at radius 3 is 2.62 bits per heavy atom. The number of carbonyl (C=O) groups excluding carboxylic acids is 1. The molecule has 0 aliphatic heterocycles. The van der Waals surface area contributed by atoms with E-state index in [1.54, 1.807) is 29.2 Å². The molecule has 1 atom stereocenters. The molecule has 0 aliphatic carbocycles. The van der Waals surface area contributed by atoms with Crippen LogP contribution < -0.4 is 5.32 Å². The Morgan fingerprint density at radius 1 is 1.21 bits per heavy atom. The molecule has 1 heterocycles. The smallest absolute Gasteiger partial charge is 0.310 e. The van der Waals surface area contributed by atoms with E-state index in [9.17, 15) is 4.79 Å². The lowest BCUT2D eigenvalue weighted by atomic mass is 9.99. The Labute approximate surface area is 188 Å². The summed E-state index contributed by atoms with van der Waals surface area (Å²) in [5, 5.41) is 5.06. The van der Waals surface area contributed by atoms with Gasteiger partial charge in [-0.2, -0.15) is 0 Å². The Hall–Kier alpha value is -1.73. The van der Waals surface area contributed by atoms with Gasteiger partial charge in [-0.3, -0.25) is 4.79 Å². The number of aromatic nitrogens is 1. The van der Waals surface area contributed by atoms with Gasteiger partial charge < -0.3 is 10.1 Å². The lowest BCUT2D eigenvalue weighted by Gasteiger charge is -2.15. The second-order valence-corrected chi connectivity index (χ2v) is 9.17. The average molecular weight is 467 g/mol. The molecule has 2 aromatic carbocycles. The van der Waals surface area contributed by atoms with Crippen LogP contribution in [0.5, 0.6) is 0 Å². The van der Waals surface area contributed by atoms with E-state index < -0.39 is 0 Å². The highest BCUT2D eigenvalue weighted by atomic mass is 35.5. The van der Waals surface area contributed by atoms with Crippen molar-refractivity contribution in [3.05, 3.63) is 64.1 Å². The lowest BCUT2D eigenvalue weighted by Crippen LogP contribution is -2.26. The molecule has 0 spiro atoms. The van der Waals surface area contributed by atoms with Crippen LogP contribution in [0.25, 0.3) is 11.3 Å². The van der Waals surface area contributed by atoms with Crippen LogP contribution in [0, 0.1) is 5.92 Å². The molecule has 152 valence electrons. The number of hydrogen-bond donors (Lipinski definition) is 1. The highest BCUT2D eigenvalue weighted by molar-refractivity contribution is 8.00. The van der Waals surface area contributed by atoms with Gasteiger partial charge in [-0.1, -0.05) is 70.9 Å². The summed E-state index contributed by atoms with van der Waals surface area (Å²) in [5.41, 5.74) is 2.84. The molecule has 0 radical (unpaired) electrons. The standard InChI is InChI=1S/C21H20Cl2N2O2S2/c1-27-19(26)15(10-13-6-4-3-5-7-13)12-24-21-25-18(20(28-2)29-21)14-8-9-16(22)17(23)11-14/h3-9,11,15H,10,12H2,1-2H3,(H,24,25). The van der Waals surface area contributed by atoms with Crippen molar-refractivity contribution in [2.45, 2.75) is 10.6 Å². The minimum absolute atomic E-state index is 0.243. The molecular weight excluding hydrogens is 447 g/mol. The SMILES string of the molecule is COC(=O)C(CNc1nc(-c2ccc(Cl)c(Cl)c2)c(SC)s1)Cc1ccccc1. The zero-order chi connectivity index (χ0) is 20.8. The number of methoxy groups -OCH3 is 1. The number of rotatable bonds is 8. The van der Waals surface area contributed by atoms with Gasteiger partial charge >= 0.3 is 5.97 Å². The summed E-state index contributed by atoms with van der Waals surface area (Å²) in [6, 6.07) is 15.4. The fourth-order valence-electron chi connectivity index (χ4n) is 2.86. The van der Waals surface area contributed by atoms with Crippen molar-refractivity contribution in [2.75, 3.05) is 25.2 Å². The van der Waals surface area contributed by atoms with Gasteiger partial charge in [0, 0.05) is 12.1 Å². The predicted molar refractivity (Wildman–Crippen MR) is 123 cm³/mol. The minimum Gasteiger partial charge on any atom is -0.469 e. The first kappa shape index (κ1) is 22.0. The number of nitrogens with zero attached hydrogens (tertiary/aromatic N) is 1. The van der Waals surface area contributed by atoms with Crippen LogP contribution >= 0.6 is 46.3 Å². The first-order chi connectivity index (χ1) is 14.0. The quantitative estimate of drug-likeness (QED) is 0.312. The number of benzene rings is 2. The molecule has 4 nitrogen and oxygen atoms in total. The molecule has 0 aliphatic rings. The van der Waals surface area contributed by atoms with Gasteiger partial charge in [0.25, 0.3) is 0 Å². The Morgan fingerprint density at radius 2 is 1.97 bits per heavy atom. The van der Waals surface area contributed by atoms with Crippen molar-refractivity contribution in [1.29, 1.82) is 0 Å². The predicted octanol–water partition coefficient (Wildman–Crippen LogP) is 6.28. The maximum absolute atomic E-state index is 12.2. The maximum Gasteiger partial charge on any atom is 0.310 e. The van der Waals surface area contributed by atoms with Gasteiger partial charge in [-0.05, 0) is 30.4 Å². The van der Waals surface area contributed by atoms with E-state index in [1.807, 2.05) is 48.7 Å². The molecular formula is C21H20Cl2N2O2S2. The largest absolute Gasteiger partial charge is 0.469 e. The zero-order valence-corrected chi connectivity index (χ0v) is 19.1.